The van der Waals surface area contributed by atoms with Gasteiger partial charge in [0.15, 0.2) is 0 Å². The minimum Gasteiger partial charge on any atom is -0.364 e. The first-order valence-electron chi connectivity index (χ1n) is 5.22. The highest BCUT2D eigenvalue weighted by Gasteiger charge is 2.11. The summed E-state index contributed by atoms with van der Waals surface area (Å²) in [5.41, 5.74) is 0. The van der Waals surface area contributed by atoms with Gasteiger partial charge in [-0.25, -0.2) is 0 Å². The van der Waals surface area contributed by atoms with Crippen LogP contribution in [0.5, 0.6) is 0 Å². The highest BCUT2D eigenvalue weighted by Crippen LogP contribution is 2.04. The molecule has 0 aromatic rings. The number of hydrogen-bond acceptors (Lipinski definition) is 3. The van der Waals surface area contributed by atoms with E-state index in [0.717, 1.165) is 19.6 Å². The predicted molar refractivity (Wildman–Crippen MR) is 58.2 cm³/mol. The first-order valence-corrected chi connectivity index (χ1v) is 5.22. The van der Waals surface area contributed by atoms with Gasteiger partial charge in [-0.2, -0.15) is 0 Å². The first kappa shape index (κ1) is 11.5. The number of ether oxygens (including phenoxy) is 1. The molecular weight excluding hydrogens is 176 g/mol. The van der Waals surface area contributed by atoms with Crippen LogP contribution in [0, 0.1) is 11.8 Å². The Hall–Kier alpha value is -0.560. The average molecular weight is 196 g/mol. The summed E-state index contributed by atoms with van der Waals surface area (Å²) in [4.78, 5) is 2.05. The van der Waals surface area contributed by atoms with Crippen LogP contribution in [0.4, 0.5) is 0 Å². The van der Waals surface area contributed by atoms with Gasteiger partial charge in [0.05, 0.1) is 12.6 Å². The third kappa shape index (κ3) is 5.23. The van der Waals surface area contributed by atoms with E-state index >= 15 is 0 Å². The fourth-order valence-electron chi connectivity index (χ4n) is 1.39. The zero-order valence-corrected chi connectivity index (χ0v) is 9.18. The maximum absolute atomic E-state index is 5.61. The van der Waals surface area contributed by atoms with Gasteiger partial charge < -0.3 is 10.1 Å². The molecule has 0 amide bonds. The Bertz CT molecular complexity index is 199. The maximum atomic E-state index is 5.61. The summed E-state index contributed by atoms with van der Waals surface area (Å²) in [7, 11) is 4.03. The molecule has 0 saturated carbocycles. The van der Waals surface area contributed by atoms with Crippen molar-refractivity contribution in [3.05, 3.63) is 0 Å². The molecule has 0 aromatic heterocycles. The summed E-state index contributed by atoms with van der Waals surface area (Å²) in [6.45, 7) is 3.49. The van der Waals surface area contributed by atoms with Gasteiger partial charge >= 0.3 is 0 Å². The number of hydrogen-bond donors (Lipinski definition) is 1. The lowest BCUT2D eigenvalue weighted by atomic mass is 10.1. The van der Waals surface area contributed by atoms with Crippen molar-refractivity contribution in [1.29, 1.82) is 0 Å². The monoisotopic (exact) mass is 196 g/mol. The molecule has 1 unspecified atom stereocenters. The van der Waals surface area contributed by atoms with Crippen molar-refractivity contribution in [3.8, 4) is 11.8 Å². The molecule has 1 saturated heterocycles. The van der Waals surface area contributed by atoms with Crippen LogP contribution in [0.1, 0.15) is 12.8 Å². The quantitative estimate of drug-likeness (QED) is 0.658. The van der Waals surface area contributed by atoms with Crippen LogP contribution in [0.3, 0.4) is 0 Å². The number of piperidine rings is 1. The van der Waals surface area contributed by atoms with Crippen molar-refractivity contribution >= 4 is 0 Å². The van der Waals surface area contributed by atoms with Crippen LogP contribution in [-0.2, 0) is 4.74 Å². The normalized spacial score (nSPS) is 21.8. The lowest BCUT2D eigenvalue weighted by Crippen LogP contribution is -2.35. The number of rotatable bonds is 3. The van der Waals surface area contributed by atoms with Gasteiger partial charge in [0.1, 0.15) is 6.61 Å². The van der Waals surface area contributed by atoms with E-state index < -0.39 is 0 Å². The Morgan fingerprint density at radius 3 is 2.93 bits per heavy atom. The van der Waals surface area contributed by atoms with Crippen molar-refractivity contribution < 1.29 is 4.74 Å². The molecule has 1 aliphatic rings. The molecule has 3 heteroatoms. The van der Waals surface area contributed by atoms with Gasteiger partial charge in [0.2, 0.25) is 0 Å². The Kier molecular flexibility index (Phi) is 5.62. The minimum absolute atomic E-state index is 0.373. The second kappa shape index (κ2) is 6.83. The molecule has 1 atom stereocenters. The lowest BCUT2D eigenvalue weighted by Gasteiger charge is -2.21. The van der Waals surface area contributed by atoms with Gasteiger partial charge in [-0.15, -0.1) is 0 Å². The summed E-state index contributed by atoms with van der Waals surface area (Å²) in [5.74, 6) is 6.08. The Labute approximate surface area is 86.8 Å². The molecule has 1 heterocycles. The van der Waals surface area contributed by atoms with Gasteiger partial charge in [-0.05, 0) is 33.5 Å². The molecule has 1 rings (SSSR count). The molecule has 3 nitrogen and oxygen atoms in total. The van der Waals surface area contributed by atoms with E-state index in [2.05, 4.69) is 22.1 Å². The van der Waals surface area contributed by atoms with Crippen molar-refractivity contribution in [3.63, 3.8) is 0 Å². The molecule has 0 bridgehead atoms. The molecular formula is C11H20N2O. The third-order valence-electron chi connectivity index (χ3n) is 2.16. The number of nitrogens with one attached hydrogen (secondary N) is 1. The fourth-order valence-corrected chi connectivity index (χ4v) is 1.39. The van der Waals surface area contributed by atoms with Crippen LogP contribution < -0.4 is 5.32 Å². The van der Waals surface area contributed by atoms with Crippen molar-refractivity contribution in [2.24, 2.45) is 0 Å². The van der Waals surface area contributed by atoms with Gasteiger partial charge in [-0.3, -0.25) is 4.90 Å². The summed E-state index contributed by atoms with van der Waals surface area (Å²) < 4.78 is 5.61. The van der Waals surface area contributed by atoms with Crippen LogP contribution in [0.2, 0.25) is 0 Å². The summed E-state index contributed by atoms with van der Waals surface area (Å²) in [6, 6.07) is 0. The Balaban J connectivity index is 2.03. The molecule has 1 N–H and O–H groups in total. The second-order valence-electron chi connectivity index (χ2n) is 3.87. The predicted octanol–water partition coefficient (Wildman–Crippen LogP) is 0.320. The summed E-state index contributed by atoms with van der Waals surface area (Å²) in [6.07, 6.45) is 2.76. The zero-order valence-electron chi connectivity index (χ0n) is 9.18. The molecule has 0 spiro atoms. The zero-order chi connectivity index (χ0) is 10.2. The Morgan fingerprint density at radius 1 is 1.43 bits per heavy atom. The van der Waals surface area contributed by atoms with E-state index in [9.17, 15) is 0 Å². The third-order valence-corrected chi connectivity index (χ3v) is 2.16. The SMILES string of the molecule is CN(C)CC#CCOC1CCCNC1. The van der Waals surface area contributed by atoms with Crippen molar-refractivity contribution in [1.82, 2.24) is 10.2 Å². The topological polar surface area (TPSA) is 24.5 Å². The van der Waals surface area contributed by atoms with E-state index in [0.29, 0.717) is 12.7 Å². The largest absolute Gasteiger partial charge is 0.364 e. The summed E-state index contributed by atoms with van der Waals surface area (Å²) in [5, 5.41) is 3.31. The van der Waals surface area contributed by atoms with Crippen LogP contribution in [0.25, 0.3) is 0 Å². The van der Waals surface area contributed by atoms with Gasteiger partial charge in [-0.1, -0.05) is 11.8 Å². The smallest absolute Gasteiger partial charge is 0.108 e. The molecule has 1 fully saturated rings. The minimum atomic E-state index is 0.373. The van der Waals surface area contributed by atoms with Gasteiger partial charge in [0, 0.05) is 6.54 Å². The molecule has 0 aliphatic carbocycles. The second-order valence-corrected chi connectivity index (χ2v) is 3.87. The first-order chi connectivity index (χ1) is 6.79. The maximum Gasteiger partial charge on any atom is 0.108 e. The van der Waals surface area contributed by atoms with E-state index in [1.165, 1.54) is 12.8 Å². The van der Waals surface area contributed by atoms with E-state index in [-0.39, 0.29) is 0 Å². The lowest BCUT2D eigenvalue weighted by molar-refractivity contribution is 0.0590. The van der Waals surface area contributed by atoms with E-state index in [1.54, 1.807) is 0 Å². The van der Waals surface area contributed by atoms with E-state index in [1.807, 2.05) is 14.1 Å². The highest BCUT2D eigenvalue weighted by molar-refractivity contribution is 5.01. The Morgan fingerprint density at radius 2 is 2.29 bits per heavy atom. The van der Waals surface area contributed by atoms with E-state index in [4.69, 9.17) is 4.74 Å². The van der Waals surface area contributed by atoms with Crippen molar-refractivity contribution in [2.45, 2.75) is 18.9 Å². The van der Waals surface area contributed by atoms with Crippen molar-refractivity contribution in [2.75, 3.05) is 40.3 Å². The molecule has 0 aromatic carbocycles. The average Bonchev–Trinajstić information content (AvgIpc) is 2.18. The van der Waals surface area contributed by atoms with Gasteiger partial charge in [0.25, 0.3) is 0 Å². The molecule has 14 heavy (non-hydrogen) atoms. The molecule has 1 aliphatic heterocycles. The fraction of sp³-hybridized carbons (Fsp3) is 0.818. The van der Waals surface area contributed by atoms with Crippen LogP contribution in [-0.4, -0.2) is 51.3 Å². The number of nitrogens with zero attached hydrogens (tertiary/aromatic N) is 1. The van der Waals surface area contributed by atoms with Crippen LogP contribution in [0.15, 0.2) is 0 Å². The molecule has 0 radical (unpaired) electrons. The van der Waals surface area contributed by atoms with Crippen LogP contribution >= 0.6 is 0 Å². The summed E-state index contributed by atoms with van der Waals surface area (Å²) >= 11 is 0. The molecule has 80 valence electrons. The highest BCUT2D eigenvalue weighted by atomic mass is 16.5. The standard InChI is InChI=1S/C11H20N2O/c1-13(2)8-3-4-9-14-11-6-5-7-12-10-11/h11-12H,5-10H2,1-2H3.